The van der Waals surface area contributed by atoms with Gasteiger partial charge in [0.25, 0.3) is 0 Å². The maximum absolute atomic E-state index is 4.19. The first kappa shape index (κ1) is 14.2. The number of rotatable bonds is 3. The minimum atomic E-state index is 0.421. The van der Waals surface area contributed by atoms with E-state index < -0.39 is 0 Å². The Kier molecular flexibility index (Phi) is 4.32. The number of aromatic nitrogens is 1. The van der Waals surface area contributed by atoms with E-state index in [4.69, 9.17) is 0 Å². The van der Waals surface area contributed by atoms with Gasteiger partial charge in [-0.1, -0.05) is 30.3 Å². The Morgan fingerprint density at radius 1 is 1.24 bits per heavy atom. The standard InChI is InChI=1S/C18H23N3/c1-14-10-19-9-8-17(14)12-21-13-18(20-11-15(21)2)16-6-4-3-5-7-16/h3-10,15,18,20H,11-13H2,1-2H3. The molecule has 1 aromatic heterocycles. The fourth-order valence-corrected chi connectivity index (χ4v) is 2.95. The smallest absolute Gasteiger partial charge is 0.0450 e. The lowest BCUT2D eigenvalue weighted by atomic mass is 10.0. The van der Waals surface area contributed by atoms with Crippen LogP contribution < -0.4 is 5.32 Å². The highest BCUT2D eigenvalue weighted by Crippen LogP contribution is 2.22. The Morgan fingerprint density at radius 2 is 2.05 bits per heavy atom. The molecule has 0 radical (unpaired) electrons. The molecule has 110 valence electrons. The van der Waals surface area contributed by atoms with Gasteiger partial charge >= 0.3 is 0 Å². The van der Waals surface area contributed by atoms with Gasteiger partial charge in [0.05, 0.1) is 0 Å². The summed E-state index contributed by atoms with van der Waals surface area (Å²) in [7, 11) is 0. The quantitative estimate of drug-likeness (QED) is 0.937. The zero-order valence-electron chi connectivity index (χ0n) is 12.8. The van der Waals surface area contributed by atoms with Crippen LogP contribution in [0.1, 0.15) is 29.7 Å². The van der Waals surface area contributed by atoms with Crippen molar-refractivity contribution in [2.24, 2.45) is 0 Å². The molecule has 1 aliphatic rings. The lowest BCUT2D eigenvalue weighted by Gasteiger charge is -2.39. The van der Waals surface area contributed by atoms with E-state index in [9.17, 15) is 0 Å². The number of hydrogen-bond acceptors (Lipinski definition) is 3. The van der Waals surface area contributed by atoms with Crippen LogP contribution in [0.3, 0.4) is 0 Å². The molecule has 0 amide bonds. The lowest BCUT2D eigenvalue weighted by Crippen LogP contribution is -2.50. The number of pyridine rings is 1. The Balaban J connectivity index is 1.74. The van der Waals surface area contributed by atoms with Crippen LogP contribution in [0.5, 0.6) is 0 Å². The molecule has 2 unspecified atom stereocenters. The molecule has 2 heterocycles. The van der Waals surface area contributed by atoms with Gasteiger partial charge in [-0.05, 0) is 36.6 Å². The van der Waals surface area contributed by atoms with Gasteiger partial charge in [0.1, 0.15) is 0 Å². The zero-order chi connectivity index (χ0) is 14.7. The summed E-state index contributed by atoms with van der Waals surface area (Å²) in [5, 5.41) is 3.66. The second kappa shape index (κ2) is 6.37. The van der Waals surface area contributed by atoms with Crippen LogP contribution >= 0.6 is 0 Å². The predicted molar refractivity (Wildman–Crippen MR) is 86.0 cm³/mol. The number of aryl methyl sites for hydroxylation is 1. The first-order chi connectivity index (χ1) is 10.2. The molecule has 21 heavy (non-hydrogen) atoms. The van der Waals surface area contributed by atoms with Gasteiger partial charge in [0, 0.05) is 44.1 Å². The Hall–Kier alpha value is -1.71. The Morgan fingerprint density at radius 3 is 2.81 bits per heavy atom. The monoisotopic (exact) mass is 281 g/mol. The largest absolute Gasteiger partial charge is 0.307 e. The third-order valence-corrected chi connectivity index (χ3v) is 4.41. The first-order valence-electron chi connectivity index (χ1n) is 7.66. The van der Waals surface area contributed by atoms with Crippen molar-refractivity contribution in [3.63, 3.8) is 0 Å². The summed E-state index contributed by atoms with van der Waals surface area (Å²) in [4.78, 5) is 6.75. The average molecular weight is 281 g/mol. The molecule has 1 saturated heterocycles. The van der Waals surface area contributed by atoms with E-state index in [-0.39, 0.29) is 0 Å². The summed E-state index contributed by atoms with van der Waals surface area (Å²) in [5.41, 5.74) is 4.03. The number of hydrogen-bond donors (Lipinski definition) is 1. The van der Waals surface area contributed by atoms with Crippen molar-refractivity contribution in [1.82, 2.24) is 15.2 Å². The Bertz CT molecular complexity index is 582. The summed E-state index contributed by atoms with van der Waals surface area (Å²) >= 11 is 0. The number of benzene rings is 1. The van der Waals surface area contributed by atoms with Crippen LogP contribution in [0.15, 0.2) is 48.8 Å². The molecule has 1 aliphatic heterocycles. The van der Waals surface area contributed by atoms with Gasteiger partial charge in [-0.2, -0.15) is 0 Å². The van der Waals surface area contributed by atoms with E-state index >= 15 is 0 Å². The number of nitrogens with one attached hydrogen (secondary N) is 1. The van der Waals surface area contributed by atoms with Gasteiger partial charge in [-0.15, -0.1) is 0 Å². The zero-order valence-corrected chi connectivity index (χ0v) is 12.8. The van der Waals surface area contributed by atoms with Crippen molar-refractivity contribution in [2.75, 3.05) is 13.1 Å². The van der Waals surface area contributed by atoms with E-state index in [1.165, 1.54) is 16.7 Å². The molecule has 1 N–H and O–H groups in total. The molecular formula is C18H23N3. The van der Waals surface area contributed by atoms with Gasteiger partial charge < -0.3 is 5.32 Å². The molecule has 1 aromatic carbocycles. The third-order valence-electron chi connectivity index (χ3n) is 4.41. The van der Waals surface area contributed by atoms with E-state index in [1.54, 1.807) is 0 Å². The molecule has 0 bridgehead atoms. The van der Waals surface area contributed by atoms with Crippen LogP contribution in [-0.4, -0.2) is 29.0 Å². The van der Waals surface area contributed by atoms with E-state index in [1.807, 2.05) is 12.4 Å². The average Bonchev–Trinajstić information content (AvgIpc) is 2.52. The topological polar surface area (TPSA) is 28.2 Å². The highest BCUT2D eigenvalue weighted by molar-refractivity contribution is 5.23. The van der Waals surface area contributed by atoms with Gasteiger partial charge in [-0.25, -0.2) is 0 Å². The molecule has 2 aromatic rings. The summed E-state index contributed by atoms with van der Waals surface area (Å²) in [6.07, 6.45) is 3.85. The van der Waals surface area contributed by atoms with Gasteiger partial charge in [0.2, 0.25) is 0 Å². The van der Waals surface area contributed by atoms with E-state index in [2.05, 4.69) is 65.4 Å². The number of nitrogens with zero attached hydrogens (tertiary/aromatic N) is 2. The second-order valence-electron chi connectivity index (χ2n) is 5.95. The first-order valence-corrected chi connectivity index (χ1v) is 7.66. The predicted octanol–water partition coefficient (Wildman–Crippen LogP) is 2.93. The minimum Gasteiger partial charge on any atom is -0.307 e. The summed E-state index contributed by atoms with van der Waals surface area (Å²) < 4.78 is 0. The van der Waals surface area contributed by atoms with Crippen molar-refractivity contribution in [3.8, 4) is 0 Å². The van der Waals surface area contributed by atoms with Gasteiger partial charge in [-0.3, -0.25) is 9.88 Å². The highest BCUT2D eigenvalue weighted by Gasteiger charge is 2.25. The highest BCUT2D eigenvalue weighted by atomic mass is 15.2. The second-order valence-corrected chi connectivity index (χ2v) is 5.95. The fourth-order valence-electron chi connectivity index (χ4n) is 2.95. The molecule has 3 rings (SSSR count). The minimum absolute atomic E-state index is 0.421. The third kappa shape index (κ3) is 3.31. The summed E-state index contributed by atoms with van der Waals surface area (Å²) in [5.74, 6) is 0. The van der Waals surface area contributed by atoms with Crippen LogP contribution in [0.4, 0.5) is 0 Å². The normalized spacial score (nSPS) is 23.1. The molecule has 3 heteroatoms. The van der Waals surface area contributed by atoms with Crippen molar-refractivity contribution >= 4 is 0 Å². The lowest BCUT2D eigenvalue weighted by molar-refractivity contribution is 0.133. The molecule has 3 nitrogen and oxygen atoms in total. The summed E-state index contributed by atoms with van der Waals surface area (Å²) in [6, 6.07) is 13.8. The maximum atomic E-state index is 4.19. The molecular weight excluding hydrogens is 258 g/mol. The molecule has 1 fully saturated rings. The molecule has 2 atom stereocenters. The van der Waals surface area contributed by atoms with Crippen molar-refractivity contribution in [3.05, 3.63) is 65.5 Å². The van der Waals surface area contributed by atoms with Crippen molar-refractivity contribution in [2.45, 2.75) is 32.5 Å². The Labute approximate surface area is 127 Å². The summed E-state index contributed by atoms with van der Waals surface area (Å²) in [6.45, 7) is 7.52. The fraction of sp³-hybridized carbons (Fsp3) is 0.389. The van der Waals surface area contributed by atoms with Crippen LogP contribution in [0.2, 0.25) is 0 Å². The van der Waals surface area contributed by atoms with E-state index in [0.717, 1.165) is 19.6 Å². The van der Waals surface area contributed by atoms with Crippen LogP contribution in [-0.2, 0) is 6.54 Å². The van der Waals surface area contributed by atoms with Crippen molar-refractivity contribution in [1.29, 1.82) is 0 Å². The van der Waals surface area contributed by atoms with Crippen molar-refractivity contribution < 1.29 is 0 Å². The number of piperazine rings is 1. The molecule has 0 spiro atoms. The van der Waals surface area contributed by atoms with Crippen LogP contribution in [0, 0.1) is 6.92 Å². The molecule has 0 aliphatic carbocycles. The van der Waals surface area contributed by atoms with Gasteiger partial charge in [0.15, 0.2) is 0 Å². The molecule has 0 saturated carbocycles. The van der Waals surface area contributed by atoms with Crippen LogP contribution in [0.25, 0.3) is 0 Å². The van der Waals surface area contributed by atoms with E-state index in [0.29, 0.717) is 12.1 Å². The maximum Gasteiger partial charge on any atom is 0.0450 e. The SMILES string of the molecule is Cc1cnccc1CN1CC(c2ccccc2)NCC1C.